The van der Waals surface area contributed by atoms with Gasteiger partial charge in [-0.25, -0.2) is 0 Å². The summed E-state index contributed by atoms with van der Waals surface area (Å²) in [5, 5.41) is 11.3. The van der Waals surface area contributed by atoms with Gasteiger partial charge in [-0.05, 0) is 63.2 Å². The molecule has 7 nitrogen and oxygen atoms in total. The van der Waals surface area contributed by atoms with Crippen molar-refractivity contribution in [3.05, 3.63) is 23.9 Å². The van der Waals surface area contributed by atoms with Crippen LogP contribution in [-0.2, 0) is 16.6 Å². The topological polar surface area (TPSA) is 85.2 Å². The number of carbonyl (C=O) groups is 2. The SMILES string of the molecule is Cn1nc(C2CCC(=O)NC2=O)c2ccc(OCCCC3CCNCC3)cc21. The molecule has 1 aromatic carbocycles. The van der Waals surface area contributed by atoms with E-state index in [2.05, 4.69) is 15.7 Å². The van der Waals surface area contributed by atoms with Crippen LogP contribution in [0.5, 0.6) is 5.75 Å². The van der Waals surface area contributed by atoms with E-state index < -0.39 is 0 Å². The highest BCUT2D eigenvalue weighted by Gasteiger charge is 2.31. The Morgan fingerprint density at radius 1 is 1.21 bits per heavy atom. The van der Waals surface area contributed by atoms with Gasteiger partial charge in [0.15, 0.2) is 0 Å². The quantitative estimate of drug-likeness (QED) is 0.589. The van der Waals surface area contributed by atoms with E-state index in [0.717, 1.165) is 47.8 Å². The van der Waals surface area contributed by atoms with Gasteiger partial charge in [-0.3, -0.25) is 19.6 Å². The maximum atomic E-state index is 12.2. The molecule has 150 valence electrons. The van der Waals surface area contributed by atoms with Crippen molar-refractivity contribution in [3.63, 3.8) is 0 Å². The second-order valence-corrected chi connectivity index (χ2v) is 7.88. The monoisotopic (exact) mass is 384 g/mol. The van der Waals surface area contributed by atoms with Crippen LogP contribution in [0.1, 0.15) is 50.1 Å². The maximum Gasteiger partial charge on any atom is 0.235 e. The van der Waals surface area contributed by atoms with Crippen LogP contribution in [-0.4, -0.2) is 41.3 Å². The fourth-order valence-corrected chi connectivity index (χ4v) is 4.30. The average Bonchev–Trinajstić information content (AvgIpc) is 3.02. The van der Waals surface area contributed by atoms with Gasteiger partial charge >= 0.3 is 0 Å². The number of imide groups is 1. The fraction of sp³-hybridized carbons (Fsp3) is 0.571. The number of aryl methyl sites for hydroxylation is 1. The summed E-state index contributed by atoms with van der Waals surface area (Å²) in [4.78, 5) is 23.6. The molecule has 2 amide bonds. The van der Waals surface area contributed by atoms with Crippen molar-refractivity contribution in [2.45, 2.75) is 44.4 Å². The molecule has 0 aliphatic carbocycles. The minimum absolute atomic E-state index is 0.207. The van der Waals surface area contributed by atoms with Gasteiger partial charge in [0.2, 0.25) is 11.8 Å². The first-order valence-electron chi connectivity index (χ1n) is 10.3. The van der Waals surface area contributed by atoms with Crippen LogP contribution in [0.25, 0.3) is 10.9 Å². The summed E-state index contributed by atoms with van der Waals surface area (Å²) in [5.74, 6) is 0.811. The third kappa shape index (κ3) is 4.04. The van der Waals surface area contributed by atoms with E-state index in [1.165, 1.54) is 19.3 Å². The number of benzene rings is 1. The first-order chi connectivity index (χ1) is 13.6. The van der Waals surface area contributed by atoms with Crippen molar-refractivity contribution in [2.24, 2.45) is 13.0 Å². The van der Waals surface area contributed by atoms with Crippen LogP contribution in [0.3, 0.4) is 0 Å². The highest BCUT2D eigenvalue weighted by atomic mass is 16.5. The van der Waals surface area contributed by atoms with Crippen molar-refractivity contribution >= 4 is 22.7 Å². The largest absolute Gasteiger partial charge is 0.494 e. The van der Waals surface area contributed by atoms with Gasteiger partial charge in [0, 0.05) is 24.9 Å². The van der Waals surface area contributed by atoms with E-state index in [4.69, 9.17) is 4.74 Å². The summed E-state index contributed by atoms with van der Waals surface area (Å²) in [6.45, 7) is 2.99. The normalized spacial score (nSPS) is 21.1. The lowest BCUT2D eigenvalue weighted by atomic mass is 9.93. The lowest BCUT2D eigenvalue weighted by molar-refractivity contribution is -0.134. The van der Waals surface area contributed by atoms with E-state index in [9.17, 15) is 9.59 Å². The second-order valence-electron chi connectivity index (χ2n) is 7.88. The predicted octanol–water partition coefficient (Wildman–Crippen LogP) is 2.25. The Morgan fingerprint density at radius 2 is 2.04 bits per heavy atom. The zero-order chi connectivity index (χ0) is 19.5. The average molecular weight is 384 g/mol. The number of nitrogens with zero attached hydrogens (tertiary/aromatic N) is 2. The number of piperidine rings is 2. The number of rotatable bonds is 6. The lowest BCUT2D eigenvalue weighted by Gasteiger charge is -2.22. The molecule has 1 unspecified atom stereocenters. The zero-order valence-electron chi connectivity index (χ0n) is 16.4. The molecule has 1 atom stereocenters. The number of amides is 2. The predicted molar refractivity (Wildman–Crippen MR) is 106 cm³/mol. The molecular formula is C21H28N4O3. The first kappa shape index (κ1) is 18.9. The third-order valence-electron chi connectivity index (χ3n) is 5.90. The highest BCUT2D eigenvalue weighted by Crippen LogP contribution is 2.32. The molecule has 0 radical (unpaired) electrons. The highest BCUT2D eigenvalue weighted by molar-refractivity contribution is 6.02. The molecule has 28 heavy (non-hydrogen) atoms. The Bertz CT molecular complexity index is 870. The molecule has 0 saturated carbocycles. The lowest BCUT2D eigenvalue weighted by Crippen LogP contribution is -2.39. The van der Waals surface area contributed by atoms with Crippen molar-refractivity contribution in [3.8, 4) is 5.75 Å². The summed E-state index contributed by atoms with van der Waals surface area (Å²) in [5.41, 5.74) is 1.68. The van der Waals surface area contributed by atoms with Gasteiger partial charge in [0.05, 0.1) is 23.7 Å². The minimum atomic E-state index is -0.377. The molecule has 2 fully saturated rings. The number of hydrogen-bond acceptors (Lipinski definition) is 5. The summed E-state index contributed by atoms with van der Waals surface area (Å²) in [7, 11) is 1.87. The summed E-state index contributed by atoms with van der Waals surface area (Å²) in [6.07, 6.45) is 5.68. The van der Waals surface area contributed by atoms with Crippen molar-refractivity contribution in [2.75, 3.05) is 19.7 Å². The van der Waals surface area contributed by atoms with Crippen LogP contribution in [0.15, 0.2) is 18.2 Å². The minimum Gasteiger partial charge on any atom is -0.494 e. The second kappa shape index (κ2) is 8.31. The Labute approximate surface area is 164 Å². The van der Waals surface area contributed by atoms with Gasteiger partial charge in [-0.1, -0.05) is 0 Å². The summed E-state index contributed by atoms with van der Waals surface area (Å²) >= 11 is 0. The molecule has 2 aliphatic rings. The van der Waals surface area contributed by atoms with E-state index in [-0.39, 0.29) is 17.7 Å². The van der Waals surface area contributed by atoms with Crippen LogP contribution in [0.4, 0.5) is 0 Å². The molecule has 3 heterocycles. The van der Waals surface area contributed by atoms with Crippen molar-refractivity contribution < 1.29 is 14.3 Å². The van der Waals surface area contributed by atoms with Crippen molar-refractivity contribution in [1.82, 2.24) is 20.4 Å². The van der Waals surface area contributed by atoms with Crippen LogP contribution >= 0.6 is 0 Å². The van der Waals surface area contributed by atoms with Gasteiger partial charge < -0.3 is 10.1 Å². The van der Waals surface area contributed by atoms with Crippen LogP contribution in [0.2, 0.25) is 0 Å². The number of nitrogens with one attached hydrogen (secondary N) is 2. The fourth-order valence-electron chi connectivity index (χ4n) is 4.30. The van der Waals surface area contributed by atoms with Crippen LogP contribution in [0, 0.1) is 5.92 Å². The molecule has 2 aromatic rings. The molecule has 2 saturated heterocycles. The molecular weight excluding hydrogens is 356 g/mol. The van der Waals surface area contributed by atoms with Gasteiger partial charge in [-0.2, -0.15) is 5.10 Å². The Kier molecular flexibility index (Phi) is 5.62. The Hall–Kier alpha value is -2.41. The summed E-state index contributed by atoms with van der Waals surface area (Å²) in [6, 6.07) is 5.91. The molecule has 7 heteroatoms. The molecule has 1 aromatic heterocycles. The zero-order valence-corrected chi connectivity index (χ0v) is 16.4. The number of fused-ring (bicyclic) bond motifs is 1. The first-order valence-corrected chi connectivity index (χ1v) is 10.3. The number of ether oxygens (including phenoxy) is 1. The number of carbonyl (C=O) groups excluding carboxylic acids is 2. The van der Waals surface area contributed by atoms with E-state index in [1.807, 2.05) is 25.2 Å². The summed E-state index contributed by atoms with van der Waals surface area (Å²) < 4.78 is 7.76. The van der Waals surface area contributed by atoms with Gasteiger partial charge in [0.1, 0.15) is 5.75 Å². The number of hydrogen-bond donors (Lipinski definition) is 2. The Morgan fingerprint density at radius 3 is 2.82 bits per heavy atom. The van der Waals surface area contributed by atoms with E-state index >= 15 is 0 Å². The number of aromatic nitrogens is 2. The van der Waals surface area contributed by atoms with Gasteiger partial charge in [0.25, 0.3) is 0 Å². The molecule has 0 bridgehead atoms. The Balaban J connectivity index is 1.41. The molecule has 2 N–H and O–H groups in total. The molecule has 2 aliphatic heterocycles. The maximum absolute atomic E-state index is 12.2. The molecule has 4 rings (SSSR count). The van der Waals surface area contributed by atoms with E-state index in [1.54, 1.807) is 4.68 Å². The van der Waals surface area contributed by atoms with E-state index in [0.29, 0.717) is 19.4 Å². The standard InChI is InChI=1S/C21H28N4O3/c1-25-18-13-15(28-12-2-3-14-8-10-22-11-9-14)4-5-16(18)20(24-25)17-6-7-19(26)23-21(17)27/h4-5,13-14,17,22H,2-3,6-12H2,1H3,(H,23,26,27). The smallest absolute Gasteiger partial charge is 0.235 e. The molecule has 0 spiro atoms. The third-order valence-corrected chi connectivity index (χ3v) is 5.90. The van der Waals surface area contributed by atoms with Gasteiger partial charge in [-0.15, -0.1) is 0 Å². The van der Waals surface area contributed by atoms with Crippen molar-refractivity contribution in [1.29, 1.82) is 0 Å². The van der Waals surface area contributed by atoms with Crippen LogP contribution < -0.4 is 15.4 Å².